The Labute approximate surface area is 100 Å². The van der Waals surface area contributed by atoms with Crippen LogP contribution in [-0.2, 0) is 4.79 Å². The van der Waals surface area contributed by atoms with Crippen molar-refractivity contribution in [1.82, 2.24) is 15.5 Å². The molecule has 0 bridgehead atoms. The van der Waals surface area contributed by atoms with E-state index in [-0.39, 0.29) is 11.6 Å². The summed E-state index contributed by atoms with van der Waals surface area (Å²) in [5, 5.41) is 21.7. The SMILES string of the molecule is CNC(=O)C(C)(C)CNc1ccc(C#N)nn1. The number of amides is 1. The fourth-order valence-corrected chi connectivity index (χ4v) is 1.22. The third-order valence-corrected chi connectivity index (χ3v) is 2.33. The molecular weight excluding hydrogens is 218 g/mol. The van der Waals surface area contributed by atoms with E-state index in [9.17, 15) is 4.79 Å². The number of hydrogen-bond donors (Lipinski definition) is 2. The minimum absolute atomic E-state index is 0.0494. The van der Waals surface area contributed by atoms with Gasteiger partial charge in [0.15, 0.2) is 5.69 Å². The average Bonchev–Trinajstić information content (AvgIpc) is 2.36. The zero-order valence-corrected chi connectivity index (χ0v) is 10.1. The largest absolute Gasteiger partial charge is 0.368 e. The van der Waals surface area contributed by atoms with Gasteiger partial charge >= 0.3 is 0 Å². The van der Waals surface area contributed by atoms with E-state index in [1.165, 1.54) is 0 Å². The highest BCUT2D eigenvalue weighted by Gasteiger charge is 2.26. The lowest BCUT2D eigenvalue weighted by molar-refractivity contribution is -0.128. The first-order chi connectivity index (χ1) is 7.99. The Balaban J connectivity index is 2.61. The number of hydrogen-bond acceptors (Lipinski definition) is 5. The summed E-state index contributed by atoms with van der Waals surface area (Å²) < 4.78 is 0. The summed E-state index contributed by atoms with van der Waals surface area (Å²) in [6.07, 6.45) is 0. The van der Waals surface area contributed by atoms with Crippen LogP contribution in [0.4, 0.5) is 5.82 Å². The van der Waals surface area contributed by atoms with Crippen LogP contribution in [0.1, 0.15) is 19.5 Å². The van der Waals surface area contributed by atoms with Crippen molar-refractivity contribution in [1.29, 1.82) is 5.26 Å². The Morgan fingerprint density at radius 1 is 1.47 bits per heavy atom. The molecule has 1 aromatic rings. The smallest absolute Gasteiger partial charge is 0.227 e. The first-order valence-electron chi connectivity index (χ1n) is 5.19. The molecule has 0 aliphatic carbocycles. The van der Waals surface area contributed by atoms with Crippen LogP contribution in [0.15, 0.2) is 12.1 Å². The topological polar surface area (TPSA) is 90.7 Å². The highest BCUT2D eigenvalue weighted by molar-refractivity contribution is 5.82. The Morgan fingerprint density at radius 3 is 2.65 bits per heavy atom. The predicted octanol–water partition coefficient (Wildman–Crippen LogP) is 0.532. The molecular formula is C11H15N5O. The molecule has 0 aromatic carbocycles. The summed E-state index contributed by atoms with van der Waals surface area (Å²) in [5.41, 5.74) is -0.272. The maximum absolute atomic E-state index is 11.5. The molecule has 0 unspecified atom stereocenters. The normalized spacial score (nSPS) is 10.5. The number of carbonyl (C=O) groups is 1. The zero-order chi connectivity index (χ0) is 12.9. The number of anilines is 1. The van der Waals surface area contributed by atoms with Crippen molar-refractivity contribution in [2.75, 3.05) is 18.9 Å². The minimum Gasteiger partial charge on any atom is -0.368 e. The van der Waals surface area contributed by atoms with Crippen molar-refractivity contribution in [3.63, 3.8) is 0 Å². The van der Waals surface area contributed by atoms with Crippen molar-refractivity contribution >= 4 is 11.7 Å². The summed E-state index contributed by atoms with van der Waals surface area (Å²) in [5.74, 6) is 0.493. The molecule has 0 aliphatic heterocycles. The lowest BCUT2D eigenvalue weighted by Gasteiger charge is -2.22. The second kappa shape index (κ2) is 5.25. The van der Waals surface area contributed by atoms with Crippen LogP contribution < -0.4 is 10.6 Å². The lowest BCUT2D eigenvalue weighted by atomic mass is 9.92. The zero-order valence-electron chi connectivity index (χ0n) is 10.1. The first kappa shape index (κ1) is 12.9. The molecule has 0 fully saturated rings. The van der Waals surface area contributed by atoms with Gasteiger partial charge in [-0.15, -0.1) is 10.2 Å². The highest BCUT2D eigenvalue weighted by atomic mass is 16.2. The van der Waals surface area contributed by atoms with Crippen LogP contribution in [0, 0.1) is 16.7 Å². The molecule has 1 rings (SSSR count). The van der Waals surface area contributed by atoms with Crippen LogP contribution in [0.2, 0.25) is 0 Å². The van der Waals surface area contributed by atoms with E-state index in [0.29, 0.717) is 12.4 Å². The van der Waals surface area contributed by atoms with Gasteiger partial charge in [-0.3, -0.25) is 4.79 Å². The van der Waals surface area contributed by atoms with Gasteiger partial charge in [0.1, 0.15) is 11.9 Å². The molecule has 6 heteroatoms. The maximum Gasteiger partial charge on any atom is 0.227 e. The van der Waals surface area contributed by atoms with Crippen LogP contribution in [-0.4, -0.2) is 29.7 Å². The molecule has 90 valence electrons. The molecule has 2 N–H and O–H groups in total. The Hall–Kier alpha value is -2.16. The number of nitriles is 1. The van der Waals surface area contributed by atoms with Gasteiger partial charge in [0.05, 0.1) is 5.41 Å². The second-order valence-corrected chi connectivity index (χ2v) is 4.23. The van der Waals surface area contributed by atoms with Crippen molar-refractivity contribution in [2.45, 2.75) is 13.8 Å². The standard InChI is InChI=1S/C11H15N5O/c1-11(2,10(17)13-3)7-14-9-5-4-8(6-12)15-16-9/h4-5H,7H2,1-3H3,(H,13,17)(H,14,16). The monoisotopic (exact) mass is 233 g/mol. The van der Waals surface area contributed by atoms with Gasteiger partial charge < -0.3 is 10.6 Å². The second-order valence-electron chi connectivity index (χ2n) is 4.23. The van der Waals surface area contributed by atoms with Gasteiger partial charge in [0.25, 0.3) is 0 Å². The van der Waals surface area contributed by atoms with Crippen molar-refractivity contribution in [2.24, 2.45) is 5.41 Å². The van der Waals surface area contributed by atoms with E-state index in [0.717, 1.165) is 0 Å². The minimum atomic E-state index is -0.537. The van der Waals surface area contributed by atoms with E-state index >= 15 is 0 Å². The summed E-state index contributed by atoms with van der Waals surface area (Å²) in [4.78, 5) is 11.5. The van der Waals surface area contributed by atoms with E-state index in [1.54, 1.807) is 19.2 Å². The van der Waals surface area contributed by atoms with Crippen LogP contribution in [0.3, 0.4) is 0 Å². The molecule has 6 nitrogen and oxygen atoms in total. The van der Waals surface area contributed by atoms with Crippen molar-refractivity contribution in [3.8, 4) is 6.07 Å². The Kier molecular flexibility index (Phi) is 3.99. The summed E-state index contributed by atoms with van der Waals surface area (Å²) >= 11 is 0. The van der Waals surface area contributed by atoms with Gasteiger partial charge in [-0.05, 0) is 26.0 Å². The van der Waals surface area contributed by atoms with Crippen LogP contribution in [0.5, 0.6) is 0 Å². The molecule has 1 aromatic heterocycles. The molecule has 1 heterocycles. The highest BCUT2D eigenvalue weighted by Crippen LogP contribution is 2.15. The number of nitrogens with one attached hydrogen (secondary N) is 2. The van der Waals surface area contributed by atoms with E-state index in [4.69, 9.17) is 5.26 Å². The number of rotatable bonds is 4. The fraction of sp³-hybridized carbons (Fsp3) is 0.455. The van der Waals surface area contributed by atoms with E-state index in [1.807, 2.05) is 19.9 Å². The average molecular weight is 233 g/mol. The van der Waals surface area contributed by atoms with E-state index in [2.05, 4.69) is 20.8 Å². The van der Waals surface area contributed by atoms with Gasteiger partial charge in [-0.25, -0.2) is 0 Å². The van der Waals surface area contributed by atoms with Crippen molar-refractivity contribution in [3.05, 3.63) is 17.8 Å². The Bertz CT molecular complexity index is 432. The molecule has 1 amide bonds. The quantitative estimate of drug-likeness (QED) is 0.791. The van der Waals surface area contributed by atoms with Gasteiger partial charge in [0.2, 0.25) is 5.91 Å². The first-order valence-corrected chi connectivity index (χ1v) is 5.19. The predicted molar refractivity (Wildman–Crippen MR) is 63.1 cm³/mol. The summed E-state index contributed by atoms with van der Waals surface area (Å²) in [6.45, 7) is 4.10. The summed E-state index contributed by atoms with van der Waals surface area (Å²) in [7, 11) is 1.60. The molecule has 0 atom stereocenters. The van der Waals surface area contributed by atoms with Gasteiger partial charge in [-0.2, -0.15) is 5.26 Å². The van der Waals surface area contributed by atoms with Crippen molar-refractivity contribution < 1.29 is 4.79 Å². The van der Waals surface area contributed by atoms with E-state index < -0.39 is 5.41 Å². The lowest BCUT2D eigenvalue weighted by Crippen LogP contribution is -2.39. The summed E-state index contributed by atoms with van der Waals surface area (Å²) in [6, 6.07) is 5.12. The van der Waals surface area contributed by atoms with Crippen LogP contribution >= 0.6 is 0 Å². The number of aromatic nitrogens is 2. The van der Waals surface area contributed by atoms with Gasteiger partial charge in [0, 0.05) is 13.6 Å². The molecule has 0 saturated heterocycles. The molecule has 0 radical (unpaired) electrons. The number of nitrogens with zero attached hydrogens (tertiary/aromatic N) is 3. The maximum atomic E-state index is 11.5. The Morgan fingerprint density at radius 2 is 2.18 bits per heavy atom. The molecule has 0 aliphatic rings. The molecule has 0 saturated carbocycles. The molecule has 0 spiro atoms. The van der Waals surface area contributed by atoms with Crippen LogP contribution in [0.25, 0.3) is 0 Å². The molecule has 17 heavy (non-hydrogen) atoms. The van der Waals surface area contributed by atoms with Gasteiger partial charge in [-0.1, -0.05) is 0 Å². The third kappa shape index (κ3) is 3.41. The fourth-order valence-electron chi connectivity index (χ4n) is 1.22. The number of carbonyl (C=O) groups excluding carboxylic acids is 1. The third-order valence-electron chi connectivity index (χ3n) is 2.33.